The average molecular weight is 177 g/mol. The highest BCUT2D eigenvalue weighted by Gasteiger charge is 2.16. The van der Waals surface area contributed by atoms with Crippen molar-refractivity contribution in [1.82, 2.24) is 0 Å². The van der Waals surface area contributed by atoms with Crippen LogP contribution in [-0.4, -0.2) is 6.21 Å². The van der Waals surface area contributed by atoms with Crippen molar-refractivity contribution < 1.29 is 0 Å². The summed E-state index contributed by atoms with van der Waals surface area (Å²) in [6.07, 6.45) is 6.48. The first-order valence-corrected chi connectivity index (χ1v) is 4.84. The van der Waals surface area contributed by atoms with Gasteiger partial charge in [-0.15, -0.1) is 0 Å². The van der Waals surface area contributed by atoms with Gasteiger partial charge >= 0.3 is 0 Å². The quantitative estimate of drug-likeness (QED) is 0.536. The van der Waals surface area contributed by atoms with Gasteiger partial charge in [-0.05, 0) is 23.8 Å². The first-order chi connectivity index (χ1) is 5.89. The van der Waals surface area contributed by atoms with Gasteiger partial charge < -0.3 is 0 Å². The lowest BCUT2D eigenvalue weighted by Crippen LogP contribution is -2.11. The maximum absolute atomic E-state index is 4.39. The molecule has 0 saturated carbocycles. The van der Waals surface area contributed by atoms with Gasteiger partial charge in [0.2, 0.25) is 0 Å². The van der Waals surface area contributed by atoms with Crippen LogP contribution in [0.5, 0.6) is 0 Å². The van der Waals surface area contributed by atoms with Gasteiger partial charge in [0.05, 0.1) is 0 Å². The Balaban J connectivity index is 2.97. The summed E-state index contributed by atoms with van der Waals surface area (Å²) < 4.78 is 0. The summed E-state index contributed by atoms with van der Waals surface area (Å²) in [5.41, 5.74) is 2.65. The molecule has 1 atom stereocenters. The fourth-order valence-corrected chi connectivity index (χ4v) is 1.41. The Bertz CT molecular complexity index is 274. The monoisotopic (exact) mass is 177 g/mol. The van der Waals surface area contributed by atoms with Gasteiger partial charge in [-0.1, -0.05) is 39.8 Å². The van der Waals surface area contributed by atoms with E-state index in [1.807, 2.05) is 13.1 Å². The Morgan fingerprint density at radius 2 is 1.85 bits per heavy atom. The highest BCUT2D eigenvalue weighted by Crippen LogP contribution is 2.27. The topological polar surface area (TPSA) is 12.4 Å². The summed E-state index contributed by atoms with van der Waals surface area (Å²) in [6.45, 7) is 10.9. The van der Waals surface area contributed by atoms with Crippen LogP contribution in [0.3, 0.4) is 0 Å². The minimum Gasteiger partial charge on any atom is -0.262 e. The number of hydrogen-bond donors (Lipinski definition) is 0. The van der Waals surface area contributed by atoms with E-state index in [-0.39, 0.29) is 5.41 Å². The van der Waals surface area contributed by atoms with Gasteiger partial charge in [0, 0.05) is 11.9 Å². The summed E-state index contributed by atoms with van der Waals surface area (Å²) in [4.78, 5) is 4.39. The number of hydrogen-bond acceptors (Lipinski definition) is 1. The largest absolute Gasteiger partial charge is 0.262 e. The van der Waals surface area contributed by atoms with Crippen molar-refractivity contribution in [2.75, 3.05) is 0 Å². The van der Waals surface area contributed by atoms with Crippen LogP contribution in [0.2, 0.25) is 0 Å². The fourth-order valence-electron chi connectivity index (χ4n) is 1.41. The lowest BCUT2D eigenvalue weighted by molar-refractivity contribution is 0.523. The van der Waals surface area contributed by atoms with Crippen molar-refractivity contribution in [3.8, 4) is 0 Å². The van der Waals surface area contributed by atoms with Crippen LogP contribution in [-0.2, 0) is 0 Å². The summed E-state index contributed by atoms with van der Waals surface area (Å²) in [5, 5.41) is 0. The van der Waals surface area contributed by atoms with Gasteiger partial charge in [0.25, 0.3) is 0 Å². The van der Waals surface area contributed by atoms with Crippen molar-refractivity contribution in [3.63, 3.8) is 0 Å². The Morgan fingerprint density at radius 1 is 1.23 bits per heavy atom. The molecule has 13 heavy (non-hydrogen) atoms. The first-order valence-electron chi connectivity index (χ1n) is 4.84. The molecule has 72 valence electrons. The normalized spacial score (nSPS) is 23.6. The molecule has 0 radical (unpaired) electrons. The van der Waals surface area contributed by atoms with Gasteiger partial charge in [-0.3, -0.25) is 4.99 Å². The molecule has 0 aromatic rings. The second-order valence-electron chi connectivity index (χ2n) is 4.80. The SMILES string of the molecule is CC1=CC(C)C=C(C(C)(C)C)C=N1. The standard InChI is InChI=1S/C12H19N/c1-9-6-10(2)13-8-11(7-9)12(3,4)5/h6-9H,1-5H3. The van der Waals surface area contributed by atoms with Crippen LogP contribution in [0.4, 0.5) is 0 Å². The predicted octanol–water partition coefficient (Wildman–Crippen LogP) is 3.58. The lowest BCUT2D eigenvalue weighted by atomic mass is 9.85. The molecule has 0 aromatic carbocycles. The van der Waals surface area contributed by atoms with E-state index in [0.717, 1.165) is 5.70 Å². The molecule has 0 amide bonds. The van der Waals surface area contributed by atoms with Crippen molar-refractivity contribution in [3.05, 3.63) is 23.4 Å². The zero-order valence-electron chi connectivity index (χ0n) is 9.26. The van der Waals surface area contributed by atoms with Gasteiger partial charge in [0.15, 0.2) is 0 Å². The maximum Gasteiger partial charge on any atom is 0.0338 e. The molecule has 0 aliphatic carbocycles. The number of rotatable bonds is 0. The molecule has 1 rings (SSSR count). The summed E-state index contributed by atoms with van der Waals surface area (Å²) >= 11 is 0. The number of nitrogens with zero attached hydrogens (tertiary/aromatic N) is 1. The van der Waals surface area contributed by atoms with Crippen LogP contribution >= 0.6 is 0 Å². The predicted molar refractivity (Wildman–Crippen MR) is 59.0 cm³/mol. The lowest BCUT2D eigenvalue weighted by Gasteiger charge is -2.19. The second kappa shape index (κ2) is 3.49. The molecule has 0 spiro atoms. The molecule has 0 saturated heterocycles. The summed E-state index contributed by atoms with van der Waals surface area (Å²) in [5.74, 6) is 0.497. The van der Waals surface area contributed by atoms with Crippen molar-refractivity contribution in [1.29, 1.82) is 0 Å². The van der Waals surface area contributed by atoms with Crippen molar-refractivity contribution >= 4 is 6.21 Å². The van der Waals surface area contributed by atoms with E-state index in [1.54, 1.807) is 0 Å². The molecular weight excluding hydrogens is 158 g/mol. The van der Waals surface area contributed by atoms with Gasteiger partial charge in [-0.2, -0.15) is 0 Å². The first kappa shape index (κ1) is 10.2. The molecule has 0 fully saturated rings. The van der Waals surface area contributed by atoms with Crippen molar-refractivity contribution in [2.45, 2.75) is 34.6 Å². The smallest absolute Gasteiger partial charge is 0.0338 e. The second-order valence-corrected chi connectivity index (χ2v) is 4.80. The Hall–Kier alpha value is -0.850. The molecule has 0 bridgehead atoms. The minimum atomic E-state index is 0.205. The molecular formula is C12H19N. The minimum absolute atomic E-state index is 0.205. The third kappa shape index (κ3) is 2.83. The average Bonchev–Trinajstić information content (AvgIpc) is 2.09. The van der Waals surface area contributed by atoms with E-state index in [0.29, 0.717) is 5.92 Å². The molecule has 1 heterocycles. The van der Waals surface area contributed by atoms with E-state index in [1.165, 1.54) is 5.57 Å². The van der Waals surface area contributed by atoms with Gasteiger partial charge in [-0.25, -0.2) is 0 Å². The van der Waals surface area contributed by atoms with E-state index in [9.17, 15) is 0 Å². The van der Waals surface area contributed by atoms with E-state index < -0.39 is 0 Å². The molecule has 0 aromatic heterocycles. The molecule has 1 heteroatoms. The van der Waals surface area contributed by atoms with Crippen molar-refractivity contribution in [2.24, 2.45) is 16.3 Å². The van der Waals surface area contributed by atoms with Gasteiger partial charge in [0.1, 0.15) is 0 Å². The summed E-state index contributed by atoms with van der Waals surface area (Å²) in [7, 11) is 0. The molecule has 0 N–H and O–H groups in total. The van der Waals surface area contributed by atoms with Crippen LogP contribution in [0, 0.1) is 11.3 Å². The zero-order valence-corrected chi connectivity index (χ0v) is 9.26. The molecule has 1 nitrogen and oxygen atoms in total. The highest BCUT2D eigenvalue weighted by molar-refractivity contribution is 5.81. The number of allylic oxidation sites excluding steroid dienone is 4. The maximum atomic E-state index is 4.39. The third-order valence-electron chi connectivity index (χ3n) is 2.22. The third-order valence-corrected chi connectivity index (χ3v) is 2.22. The van der Waals surface area contributed by atoms with Crippen LogP contribution in [0.1, 0.15) is 34.6 Å². The molecule has 1 aliphatic rings. The molecule has 1 aliphatic heterocycles. The highest BCUT2D eigenvalue weighted by atomic mass is 14.7. The summed E-state index contributed by atoms with van der Waals surface area (Å²) in [6, 6.07) is 0. The van der Waals surface area contributed by atoms with E-state index in [4.69, 9.17) is 0 Å². The fraction of sp³-hybridized carbons (Fsp3) is 0.583. The molecule has 1 unspecified atom stereocenters. The Morgan fingerprint density at radius 3 is 2.38 bits per heavy atom. The number of aliphatic imine (C=N–C) groups is 1. The van der Waals surface area contributed by atoms with Crippen LogP contribution in [0.25, 0.3) is 0 Å². The van der Waals surface area contributed by atoms with E-state index in [2.05, 4.69) is 44.8 Å². The van der Waals surface area contributed by atoms with Crippen LogP contribution in [0.15, 0.2) is 28.4 Å². The Kier molecular flexibility index (Phi) is 2.74. The van der Waals surface area contributed by atoms with E-state index >= 15 is 0 Å². The Labute approximate surface area is 81.3 Å². The van der Waals surface area contributed by atoms with Crippen LogP contribution < -0.4 is 0 Å². The zero-order chi connectivity index (χ0) is 10.1.